The highest BCUT2D eigenvalue weighted by Crippen LogP contribution is 2.27. The standard InChI is InChI=1S/C32H41N3O5S/c1-7-25(5)33-32(37)30(8-2)34(21-26-11-9-10-24(4)20-26)31(36)22-35(27-14-16-28(40-6)17-15-27)41(38,39)29-18-12-23(3)13-19-29/h9-20,25,30H,7-8,21-22H2,1-6H3,(H,33,37)/t25-,30-/m0/s1. The Bertz CT molecular complexity index is 1420. The van der Waals surface area contributed by atoms with Crippen molar-refractivity contribution in [1.82, 2.24) is 10.2 Å². The Kier molecular flexibility index (Phi) is 10.9. The fourth-order valence-electron chi connectivity index (χ4n) is 4.48. The molecule has 0 fully saturated rings. The first kappa shape index (κ1) is 31.7. The number of carbonyl (C=O) groups excluding carboxylic acids is 2. The number of hydrogen-bond donors (Lipinski definition) is 1. The molecular formula is C32H41N3O5S. The Balaban J connectivity index is 2.06. The van der Waals surface area contributed by atoms with Crippen molar-refractivity contribution in [2.75, 3.05) is 18.0 Å². The minimum Gasteiger partial charge on any atom is -0.497 e. The SMILES string of the molecule is CC[C@H](C)NC(=O)[C@H](CC)N(Cc1cccc(C)c1)C(=O)CN(c1ccc(OC)cc1)S(=O)(=O)c1ccc(C)cc1. The summed E-state index contributed by atoms with van der Waals surface area (Å²) < 4.78 is 34.3. The van der Waals surface area contributed by atoms with Crippen LogP contribution in [0.3, 0.4) is 0 Å². The molecule has 0 bridgehead atoms. The molecular weight excluding hydrogens is 538 g/mol. The molecule has 0 aliphatic carbocycles. The van der Waals surface area contributed by atoms with Crippen LogP contribution in [0.4, 0.5) is 5.69 Å². The number of nitrogens with zero attached hydrogens (tertiary/aromatic N) is 2. The number of methoxy groups -OCH3 is 1. The first-order chi connectivity index (χ1) is 19.5. The number of carbonyl (C=O) groups is 2. The monoisotopic (exact) mass is 579 g/mol. The van der Waals surface area contributed by atoms with E-state index in [2.05, 4.69) is 5.32 Å². The number of sulfonamides is 1. The van der Waals surface area contributed by atoms with Crippen LogP contribution in [0, 0.1) is 13.8 Å². The Morgan fingerprint density at radius 2 is 1.56 bits per heavy atom. The van der Waals surface area contributed by atoms with Crippen molar-refractivity contribution in [3.05, 3.63) is 89.5 Å². The summed E-state index contributed by atoms with van der Waals surface area (Å²) in [5.74, 6) is -0.189. The van der Waals surface area contributed by atoms with Gasteiger partial charge in [-0.25, -0.2) is 8.42 Å². The van der Waals surface area contributed by atoms with Crippen LogP contribution in [0.5, 0.6) is 5.75 Å². The Hall–Kier alpha value is -3.85. The quantitative estimate of drug-likeness (QED) is 0.299. The van der Waals surface area contributed by atoms with Gasteiger partial charge >= 0.3 is 0 Å². The molecule has 2 atom stereocenters. The molecule has 8 nitrogen and oxygen atoms in total. The van der Waals surface area contributed by atoms with Crippen molar-refractivity contribution in [1.29, 1.82) is 0 Å². The molecule has 1 N–H and O–H groups in total. The molecule has 0 spiro atoms. The maximum atomic E-state index is 14.1. The maximum absolute atomic E-state index is 14.1. The molecule has 41 heavy (non-hydrogen) atoms. The zero-order valence-corrected chi connectivity index (χ0v) is 25.6. The van der Waals surface area contributed by atoms with Gasteiger partial charge < -0.3 is 15.0 Å². The summed E-state index contributed by atoms with van der Waals surface area (Å²) in [6.07, 6.45) is 1.11. The summed E-state index contributed by atoms with van der Waals surface area (Å²) in [6.45, 7) is 9.25. The molecule has 0 heterocycles. The molecule has 3 aromatic rings. The van der Waals surface area contributed by atoms with Gasteiger partial charge in [-0.3, -0.25) is 13.9 Å². The number of rotatable bonds is 13. The molecule has 0 radical (unpaired) electrons. The molecule has 3 rings (SSSR count). The summed E-state index contributed by atoms with van der Waals surface area (Å²) in [7, 11) is -2.60. The van der Waals surface area contributed by atoms with E-state index in [4.69, 9.17) is 4.74 Å². The van der Waals surface area contributed by atoms with Gasteiger partial charge in [-0.15, -0.1) is 0 Å². The Morgan fingerprint density at radius 3 is 2.12 bits per heavy atom. The van der Waals surface area contributed by atoms with Crippen molar-refractivity contribution in [3.8, 4) is 5.75 Å². The van der Waals surface area contributed by atoms with Gasteiger partial charge in [0.05, 0.1) is 17.7 Å². The molecule has 0 saturated heterocycles. The smallest absolute Gasteiger partial charge is 0.264 e. The van der Waals surface area contributed by atoms with Crippen molar-refractivity contribution in [2.24, 2.45) is 0 Å². The largest absolute Gasteiger partial charge is 0.497 e. The van der Waals surface area contributed by atoms with Crippen molar-refractivity contribution in [2.45, 2.75) is 71.0 Å². The lowest BCUT2D eigenvalue weighted by atomic mass is 10.1. The molecule has 0 unspecified atom stereocenters. The van der Waals surface area contributed by atoms with E-state index in [0.29, 0.717) is 17.9 Å². The van der Waals surface area contributed by atoms with Gasteiger partial charge in [0.15, 0.2) is 0 Å². The van der Waals surface area contributed by atoms with Crippen LogP contribution in [0.15, 0.2) is 77.7 Å². The highest BCUT2D eigenvalue weighted by Gasteiger charge is 2.34. The molecule has 220 valence electrons. The van der Waals surface area contributed by atoms with E-state index >= 15 is 0 Å². The first-order valence-corrected chi connectivity index (χ1v) is 15.3. The molecule has 0 aromatic heterocycles. The number of hydrogen-bond acceptors (Lipinski definition) is 5. The molecule has 9 heteroatoms. The topological polar surface area (TPSA) is 96.0 Å². The summed E-state index contributed by atoms with van der Waals surface area (Å²) in [5, 5.41) is 2.99. The van der Waals surface area contributed by atoms with E-state index in [1.165, 1.54) is 24.1 Å². The highest BCUT2D eigenvalue weighted by molar-refractivity contribution is 7.92. The van der Waals surface area contributed by atoms with Crippen molar-refractivity contribution in [3.63, 3.8) is 0 Å². The third-order valence-electron chi connectivity index (χ3n) is 7.07. The second-order valence-electron chi connectivity index (χ2n) is 10.3. The van der Waals surface area contributed by atoms with Gasteiger partial charge in [0, 0.05) is 12.6 Å². The summed E-state index contributed by atoms with van der Waals surface area (Å²) in [4.78, 5) is 29.1. The predicted molar refractivity (Wildman–Crippen MR) is 162 cm³/mol. The second-order valence-corrected chi connectivity index (χ2v) is 12.1. The number of anilines is 1. The van der Waals surface area contributed by atoms with Crippen LogP contribution in [0.25, 0.3) is 0 Å². The molecule has 3 aromatic carbocycles. The zero-order valence-electron chi connectivity index (χ0n) is 24.8. The number of nitrogens with one attached hydrogen (secondary N) is 1. The third-order valence-corrected chi connectivity index (χ3v) is 8.86. The highest BCUT2D eigenvalue weighted by atomic mass is 32.2. The minimum atomic E-state index is -4.13. The van der Waals surface area contributed by atoms with E-state index in [0.717, 1.165) is 27.4 Å². The zero-order chi connectivity index (χ0) is 30.2. The lowest BCUT2D eigenvalue weighted by molar-refractivity contribution is -0.140. The average molecular weight is 580 g/mol. The van der Waals surface area contributed by atoms with Crippen LogP contribution in [-0.4, -0.2) is 50.9 Å². The number of benzene rings is 3. The first-order valence-electron chi connectivity index (χ1n) is 13.9. The molecule has 0 saturated carbocycles. The fraction of sp³-hybridized carbons (Fsp3) is 0.375. The van der Waals surface area contributed by atoms with Crippen LogP contribution < -0.4 is 14.4 Å². The maximum Gasteiger partial charge on any atom is 0.264 e. The normalized spacial score (nSPS) is 12.7. The lowest BCUT2D eigenvalue weighted by Crippen LogP contribution is -2.53. The second kappa shape index (κ2) is 14.2. The Labute approximate surface area is 244 Å². The van der Waals surface area contributed by atoms with Crippen LogP contribution in [-0.2, 0) is 26.2 Å². The Morgan fingerprint density at radius 1 is 0.902 bits per heavy atom. The van der Waals surface area contributed by atoms with E-state index in [1.807, 2.05) is 58.9 Å². The van der Waals surface area contributed by atoms with Crippen LogP contribution in [0.1, 0.15) is 50.3 Å². The van der Waals surface area contributed by atoms with Crippen molar-refractivity contribution >= 4 is 27.5 Å². The van der Waals surface area contributed by atoms with E-state index in [-0.39, 0.29) is 23.4 Å². The van der Waals surface area contributed by atoms with E-state index in [1.54, 1.807) is 36.4 Å². The fourth-order valence-corrected chi connectivity index (χ4v) is 5.90. The van der Waals surface area contributed by atoms with Gasteiger partial charge in [-0.05, 0) is 75.6 Å². The molecule has 2 amide bonds. The molecule has 0 aliphatic heterocycles. The van der Waals surface area contributed by atoms with E-state index < -0.39 is 28.5 Å². The summed E-state index contributed by atoms with van der Waals surface area (Å²) >= 11 is 0. The third kappa shape index (κ3) is 8.10. The van der Waals surface area contributed by atoms with Crippen LogP contribution in [0.2, 0.25) is 0 Å². The van der Waals surface area contributed by atoms with Crippen LogP contribution >= 0.6 is 0 Å². The van der Waals surface area contributed by atoms with E-state index in [9.17, 15) is 18.0 Å². The average Bonchev–Trinajstić information content (AvgIpc) is 2.95. The van der Waals surface area contributed by atoms with Gasteiger partial charge in [-0.1, -0.05) is 61.4 Å². The molecule has 0 aliphatic rings. The van der Waals surface area contributed by atoms with Gasteiger partial charge in [0.2, 0.25) is 11.8 Å². The predicted octanol–water partition coefficient (Wildman–Crippen LogP) is 5.23. The van der Waals surface area contributed by atoms with Gasteiger partial charge in [0.25, 0.3) is 10.0 Å². The number of amides is 2. The number of ether oxygens (including phenoxy) is 1. The van der Waals surface area contributed by atoms with Crippen molar-refractivity contribution < 1.29 is 22.7 Å². The number of aryl methyl sites for hydroxylation is 2. The lowest BCUT2D eigenvalue weighted by Gasteiger charge is -2.33. The summed E-state index contributed by atoms with van der Waals surface area (Å²) in [5.41, 5.74) is 3.10. The van der Waals surface area contributed by atoms with Gasteiger partial charge in [0.1, 0.15) is 18.3 Å². The van der Waals surface area contributed by atoms with Gasteiger partial charge in [-0.2, -0.15) is 0 Å². The summed E-state index contributed by atoms with van der Waals surface area (Å²) in [6, 6.07) is 19.9. The minimum absolute atomic E-state index is 0.0646.